The second-order valence-corrected chi connectivity index (χ2v) is 14.2. The van der Waals surface area contributed by atoms with Crippen LogP contribution in [0.3, 0.4) is 0 Å². The molecule has 1 amide bonds. The highest BCUT2D eigenvalue weighted by molar-refractivity contribution is 7.89. The summed E-state index contributed by atoms with van der Waals surface area (Å²) in [5.74, 6) is -1.53. The Hall–Kier alpha value is -3.81. The molecule has 9 nitrogen and oxygen atoms in total. The van der Waals surface area contributed by atoms with Gasteiger partial charge in [-0.15, -0.1) is 0 Å². The van der Waals surface area contributed by atoms with Crippen molar-refractivity contribution in [2.45, 2.75) is 61.2 Å². The lowest BCUT2D eigenvalue weighted by Gasteiger charge is -2.45. The summed E-state index contributed by atoms with van der Waals surface area (Å²) in [6.07, 6.45) is 1.77. The van der Waals surface area contributed by atoms with Gasteiger partial charge in [0, 0.05) is 32.7 Å². The van der Waals surface area contributed by atoms with Crippen molar-refractivity contribution in [3.63, 3.8) is 0 Å². The number of hydrogen-bond acceptors (Lipinski definition) is 7. The zero-order chi connectivity index (χ0) is 32.1. The van der Waals surface area contributed by atoms with E-state index in [1.54, 1.807) is 11.0 Å². The smallest absolute Gasteiger partial charge is 0.410 e. The van der Waals surface area contributed by atoms with E-state index in [-0.39, 0.29) is 6.79 Å². The number of amides is 1. The third kappa shape index (κ3) is 5.91. The Balaban J connectivity index is 1.09. The molecule has 13 heteroatoms. The predicted molar refractivity (Wildman–Crippen MR) is 160 cm³/mol. The Kier molecular flexibility index (Phi) is 8.10. The third-order valence-corrected chi connectivity index (χ3v) is 11.3. The number of piperidine rings is 1. The van der Waals surface area contributed by atoms with Crippen LogP contribution in [0, 0.1) is 17.5 Å². The first-order chi connectivity index (χ1) is 22.1. The van der Waals surface area contributed by atoms with Gasteiger partial charge >= 0.3 is 6.09 Å². The van der Waals surface area contributed by atoms with Crippen LogP contribution in [0.4, 0.5) is 18.0 Å². The third-order valence-electron chi connectivity index (χ3n) is 9.38. The average Bonchev–Trinajstić information content (AvgIpc) is 3.68. The van der Waals surface area contributed by atoms with Crippen LogP contribution in [0.5, 0.6) is 11.5 Å². The van der Waals surface area contributed by atoms with Crippen LogP contribution < -0.4 is 9.47 Å². The van der Waals surface area contributed by atoms with Crippen LogP contribution in [-0.4, -0.2) is 73.2 Å². The van der Waals surface area contributed by atoms with Crippen molar-refractivity contribution < 1.29 is 40.6 Å². The quantitative estimate of drug-likeness (QED) is 0.327. The van der Waals surface area contributed by atoms with Gasteiger partial charge in [0.05, 0.1) is 17.0 Å². The van der Waals surface area contributed by atoms with Crippen LogP contribution in [0.25, 0.3) is 0 Å². The maximum atomic E-state index is 14.3. The molecule has 3 aromatic carbocycles. The van der Waals surface area contributed by atoms with Crippen molar-refractivity contribution in [3.05, 3.63) is 89.2 Å². The lowest BCUT2D eigenvalue weighted by molar-refractivity contribution is -0.0143. The fourth-order valence-electron chi connectivity index (χ4n) is 6.84. The molecule has 244 valence electrons. The number of rotatable bonds is 7. The fraction of sp³-hybridized carbons (Fsp3) is 0.424. The minimum absolute atomic E-state index is 0.210. The molecule has 0 aromatic heterocycles. The first-order valence-electron chi connectivity index (χ1n) is 15.5. The van der Waals surface area contributed by atoms with Gasteiger partial charge in [-0.05, 0) is 85.7 Å². The normalized spacial score (nSPS) is 22.9. The highest BCUT2D eigenvalue weighted by Gasteiger charge is 2.60. The summed E-state index contributed by atoms with van der Waals surface area (Å²) in [4.78, 5) is 17.0. The molecular weight excluding hydrogens is 623 g/mol. The minimum Gasteiger partial charge on any atom is -0.454 e. The van der Waals surface area contributed by atoms with E-state index >= 15 is 0 Å². The number of carbonyl (C=O) groups is 1. The molecule has 0 bridgehead atoms. The number of nitrogens with zero attached hydrogens (tertiary/aromatic N) is 3. The van der Waals surface area contributed by atoms with Gasteiger partial charge in [-0.1, -0.05) is 18.2 Å². The molecule has 3 aromatic rings. The van der Waals surface area contributed by atoms with Gasteiger partial charge in [0.1, 0.15) is 11.4 Å². The topological polar surface area (TPSA) is 88.6 Å². The van der Waals surface area contributed by atoms with E-state index in [9.17, 15) is 26.4 Å². The molecule has 0 N–H and O–H groups in total. The number of hydrogen-bond donors (Lipinski definition) is 0. The highest BCUT2D eigenvalue weighted by atomic mass is 32.2. The largest absolute Gasteiger partial charge is 0.454 e. The molecule has 4 aliphatic rings. The molecule has 3 heterocycles. The van der Waals surface area contributed by atoms with E-state index in [1.165, 1.54) is 22.5 Å². The van der Waals surface area contributed by atoms with Crippen molar-refractivity contribution >= 4 is 16.1 Å². The van der Waals surface area contributed by atoms with E-state index in [0.29, 0.717) is 76.5 Å². The minimum atomic E-state index is -4.43. The van der Waals surface area contributed by atoms with Crippen LogP contribution in [0.15, 0.2) is 65.6 Å². The molecule has 1 aliphatic carbocycles. The van der Waals surface area contributed by atoms with Crippen LogP contribution in [0.2, 0.25) is 0 Å². The summed E-state index contributed by atoms with van der Waals surface area (Å²) in [5.41, 5.74) is 0.430. The standard InChI is InChI=1S/C33H34F3N3O6S/c34-24-4-1-3-23(18-24)28-5-2-6-31(39(28)46(41,42)25-8-9-26(35)27(36)19-25)33(11-12-33)45-32(40)38-15-13-37(14-16-38)20-22-7-10-29-30(17-22)44-21-43-29/h1,3-4,7-10,17-19,28,31H,2,5-6,11-16,20-21H2/t28-,31+/m0/s1. The van der Waals surface area contributed by atoms with Crippen molar-refractivity contribution in [2.24, 2.45) is 0 Å². The van der Waals surface area contributed by atoms with Crippen LogP contribution >= 0.6 is 0 Å². The second kappa shape index (κ2) is 12.1. The van der Waals surface area contributed by atoms with Crippen molar-refractivity contribution in [3.8, 4) is 11.5 Å². The van der Waals surface area contributed by atoms with E-state index in [0.717, 1.165) is 29.2 Å². The number of ether oxygens (including phenoxy) is 3. The maximum absolute atomic E-state index is 14.3. The summed E-state index contributed by atoms with van der Waals surface area (Å²) < 4.78 is 89.1. The van der Waals surface area contributed by atoms with Gasteiger partial charge in [-0.25, -0.2) is 26.4 Å². The van der Waals surface area contributed by atoms with E-state index < -0.39 is 56.1 Å². The summed E-state index contributed by atoms with van der Waals surface area (Å²) in [7, 11) is -4.43. The highest BCUT2D eigenvalue weighted by Crippen LogP contribution is 2.52. The van der Waals surface area contributed by atoms with E-state index in [4.69, 9.17) is 14.2 Å². The molecule has 46 heavy (non-hydrogen) atoms. The number of sulfonamides is 1. The first kappa shape index (κ1) is 30.8. The zero-order valence-electron chi connectivity index (χ0n) is 25.0. The van der Waals surface area contributed by atoms with Gasteiger partial charge in [-0.3, -0.25) is 4.90 Å². The van der Waals surface area contributed by atoms with Crippen molar-refractivity contribution in [2.75, 3.05) is 33.0 Å². The number of benzene rings is 3. The Labute approximate surface area is 265 Å². The average molecular weight is 658 g/mol. The maximum Gasteiger partial charge on any atom is 0.410 e. The monoisotopic (exact) mass is 657 g/mol. The van der Waals surface area contributed by atoms with Crippen LogP contribution in [-0.2, 0) is 21.3 Å². The zero-order valence-corrected chi connectivity index (χ0v) is 25.9. The van der Waals surface area contributed by atoms with Gasteiger partial charge < -0.3 is 19.1 Å². The lowest BCUT2D eigenvalue weighted by Crippen LogP contribution is -2.55. The SMILES string of the molecule is O=C(OC1([C@H]2CCC[C@@H](c3cccc(F)c3)N2S(=O)(=O)c2ccc(F)c(F)c2)CC1)N1CCN(Cc2ccc3c(c2)OCO3)CC1. The summed E-state index contributed by atoms with van der Waals surface area (Å²) in [6, 6.07) is 12.5. The summed E-state index contributed by atoms with van der Waals surface area (Å²) >= 11 is 0. The summed E-state index contributed by atoms with van der Waals surface area (Å²) in [5, 5.41) is 0. The molecule has 3 fully saturated rings. The van der Waals surface area contributed by atoms with Gasteiger partial charge in [0.15, 0.2) is 23.1 Å². The lowest BCUT2D eigenvalue weighted by atomic mass is 9.90. The van der Waals surface area contributed by atoms with Crippen LogP contribution in [0.1, 0.15) is 49.3 Å². The number of piperazine rings is 1. The number of halogens is 3. The Morgan fingerprint density at radius 3 is 2.41 bits per heavy atom. The Morgan fingerprint density at radius 2 is 1.67 bits per heavy atom. The molecular formula is C33H34F3N3O6S. The van der Waals surface area contributed by atoms with E-state index in [1.807, 2.05) is 18.2 Å². The Morgan fingerprint density at radius 1 is 0.891 bits per heavy atom. The predicted octanol–water partition coefficient (Wildman–Crippen LogP) is 5.60. The molecule has 2 atom stereocenters. The number of fused-ring (bicyclic) bond motifs is 1. The van der Waals surface area contributed by atoms with E-state index in [2.05, 4.69) is 4.90 Å². The molecule has 0 spiro atoms. The fourth-order valence-corrected chi connectivity index (χ4v) is 8.77. The van der Waals surface area contributed by atoms with Crippen molar-refractivity contribution in [1.82, 2.24) is 14.1 Å². The summed E-state index contributed by atoms with van der Waals surface area (Å²) in [6.45, 7) is 3.02. The molecule has 7 rings (SSSR count). The number of carbonyl (C=O) groups excluding carboxylic acids is 1. The molecule has 3 aliphatic heterocycles. The van der Waals surface area contributed by atoms with Crippen molar-refractivity contribution in [1.29, 1.82) is 0 Å². The second-order valence-electron chi connectivity index (χ2n) is 12.3. The first-order valence-corrected chi connectivity index (χ1v) is 16.9. The van der Waals surface area contributed by atoms with Gasteiger partial charge in [0.25, 0.3) is 0 Å². The van der Waals surface area contributed by atoms with Gasteiger partial charge in [0.2, 0.25) is 16.8 Å². The Bertz CT molecular complexity index is 1750. The molecule has 1 saturated carbocycles. The molecule has 0 radical (unpaired) electrons. The molecule has 0 unspecified atom stereocenters. The van der Waals surface area contributed by atoms with Gasteiger partial charge in [-0.2, -0.15) is 4.31 Å². The molecule has 2 saturated heterocycles.